The maximum atomic E-state index is 10.3. The molecule has 4 nitrogen and oxygen atoms in total. The number of carbonyl (C=O) groups is 1. The van der Waals surface area contributed by atoms with Crippen LogP contribution in [0.15, 0.2) is 0 Å². The quantitative estimate of drug-likeness (QED) is 0.623. The predicted molar refractivity (Wildman–Crippen MR) is 42.1 cm³/mol. The highest BCUT2D eigenvalue weighted by atomic mass is 35.5. The Balaban J connectivity index is 0.000001000. The van der Waals surface area contributed by atoms with Gasteiger partial charge in [-0.25, -0.2) is 0 Å². The first-order chi connectivity index (χ1) is 4.74. The van der Waals surface area contributed by atoms with Gasteiger partial charge in [-0.3, -0.25) is 4.79 Å². The van der Waals surface area contributed by atoms with E-state index in [2.05, 4.69) is 5.32 Å². The normalized spacial score (nSPS) is 29.5. The van der Waals surface area contributed by atoms with Gasteiger partial charge < -0.3 is 15.2 Å². The minimum absolute atomic E-state index is 0. The second-order valence-electron chi connectivity index (χ2n) is 2.39. The molecule has 0 unspecified atom stereocenters. The van der Waals surface area contributed by atoms with E-state index in [0.717, 1.165) is 0 Å². The summed E-state index contributed by atoms with van der Waals surface area (Å²) in [6.07, 6.45) is 0.646. The van der Waals surface area contributed by atoms with Gasteiger partial charge in [-0.2, -0.15) is 0 Å². The van der Waals surface area contributed by atoms with Crippen LogP contribution >= 0.6 is 12.4 Å². The highest BCUT2D eigenvalue weighted by Crippen LogP contribution is 2.08. The third-order valence-corrected chi connectivity index (χ3v) is 1.72. The molecule has 2 atom stereocenters. The molecule has 0 aliphatic carbocycles. The molecule has 1 fully saturated rings. The van der Waals surface area contributed by atoms with Crippen LogP contribution in [0.4, 0.5) is 0 Å². The van der Waals surface area contributed by atoms with E-state index in [4.69, 9.17) is 9.84 Å². The Morgan fingerprint density at radius 2 is 2.36 bits per heavy atom. The topological polar surface area (TPSA) is 58.6 Å². The Hall–Kier alpha value is -0.320. The Morgan fingerprint density at radius 1 is 1.73 bits per heavy atom. The Bertz CT molecular complexity index is 142. The summed E-state index contributed by atoms with van der Waals surface area (Å²) in [6, 6.07) is -0.412. The lowest BCUT2D eigenvalue weighted by Gasteiger charge is -2.03. The van der Waals surface area contributed by atoms with Gasteiger partial charge in [0.2, 0.25) is 0 Å². The number of hydrogen-bond donors (Lipinski definition) is 2. The molecule has 1 aliphatic heterocycles. The molecule has 0 aromatic rings. The van der Waals surface area contributed by atoms with Crippen LogP contribution in [0.3, 0.4) is 0 Å². The molecule has 1 rings (SSSR count). The number of rotatable bonds is 2. The molecule has 1 heterocycles. The third kappa shape index (κ3) is 2.65. The average molecular weight is 182 g/mol. The van der Waals surface area contributed by atoms with E-state index in [9.17, 15) is 4.79 Å². The van der Waals surface area contributed by atoms with E-state index in [1.807, 2.05) is 0 Å². The van der Waals surface area contributed by atoms with Gasteiger partial charge in [0.15, 0.2) is 0 Å². The average Bonchev–Trinajstić information content (AvgIpc) is 2.34. The molecule has 0 bridgehead atoms. The first kappa shape index (κ1) is 10.7. The van der Waals surface area contributed by atoms with Crippen LogP contribution in [-0.4, -0.2) is 36.9 Å². The van der Waals surface area contributed by atoms with Gasteiger partial charge in [-0.15, -0.1) is 12.4 Å². The summed E-state index contributed by atoms with van der Waals surface area (Å²) < 4.78 is 4.97. The number of aliphatic carboxylic acids is 1. The summed E-state index contributed by atoms with van der Waals surface area (Å²) in [4.78, 5) is 10.3. The molecule has 1 saturated heterocycles. The van der Waals surface area contributed by atoms with Crippen molar-refractivity contribution < 1.29 is 14.6 Å². The van der Waals surface area contributed by atoms with Crippen molar-refractivity contribution in [2.45, 2.75) is 18.6 Å². The number of halogens is 1. The molecule has 0 aromatic carbocycles. The fourth-order valence-corrected chi connectivity index (χ4v) is 1.07. The van der Waals surface area contributed by atoms with Gasteiger partial charge in [0.25, 0.3) is 0 Å². The van der Waals surface area contributed by atoms with Crippen LogP contribution in [0.1, 0.15) is 6.42 Å². The van der Waals surface area contributed by atoms with E-state index in [1.165, 1.54) is 0 Å². The Kier molecular flexibility index (Phi) is 4.40. The van der Waals surface area contributed by atoms with Gasteiger partial charge in [0, 0.05) is 20.1 Å². The summed E-state index contributed by atoms with van der Waals surface area (Å²) >= 11 is 0. The van der Waals surface area contributed by atoms with Crippen molar-refractivity contribution in [2.75, 3.05) is 13.7 Å². The fraction of sp³-hybridized carbons (Fsp3) is 0.833. The molecule has 0 saturated carbocycles. The zero-order valence-electron chi connectivity index (χ0n) is 6.24. The second kappa shape index (κ2) is 4.54. The molecule has 1 aliphatic rings. The van der Waals surface area contributed by atoms with Crippen LogP contribution in [0.25, 0.3) is 0 Å². The standard InChI is InChI=1S/C6H11NO3.ClH/c1-10-4-2-5(6(8)9)7-3-4;/h4-5,7H,2-3H2,1H3,(H,8,9);1H/t4-,5-;/m0./s1. The molecule has 0 amide bonds. The number of carboxylic acids is 1. The van der Waals surface area contributed by atoms with Gasteiger partial charge in [0.1, 0.15) is 6.04 Å². The Labute approximate surface area is 71.3 Å². The maximum Gasteiger partial charge on any atom is 0.320 e. The van der Waals surface area contributed by atoms with Crippen molar-refractivity contribution in [3.63, 3.8) is 0 Å². The molecular formula is C6H12ClNO3. The number of hydrogen-bond acceptors (Lipinski definition) is 3. The lowest BCUT2D eigenvalue weighted by atomic mass is 10.2. The van der Waals surface area contributed by atoms with E-state index in [-0.39, 0.29) is 18.5 Å². The fourth-order valence-electron chi connectivity index (χ4n) is 1.07. The number of ether oxygens (including phenoxy) is 1. The first-order valence-corrected chi connectivity index (χ1v) is 3.23. The van der Waals surface area contributed by atoms with Gasteiger partial charge in [0.05, 0.1) is 6.10 Å². The van der Waals surface area contributed by atoms with Crippen molar-refractivity contribution in [2.24, 2.45) is 0 Å². The number of nitrogens with one attached hydrogen (secondary N) is 1. The van der Waals surface area contributed by atoms with E-state index < -0.39 is 12.0 Å². The molecule has 66 valence electrons. The van der Waals surface area contributed by atoms with Gasteiger partial charge in [-0.05, 0) is 0 Å². The second-order valence-corrected chi connectivity index (χ2v) is 2.39. The summed E-state index contributed by atoms with van der Waals surface area (Å²) in [5.74, 6) is -0.792. The SMILES string of the molecule is CO[C@@H]1CN[C@H](C(=O)O)C1.Cl. The van der Waals surface area contributed by atoms with Crippen molar-refractivity contribution in [1.82, 2.24) is 5.32 Å². The first-order valence-electron chi connectivity index (χ1n) is 3.23. The Morgan fingerprint density at radius 3 is 2.64 bits per heavy atom. The summed E-state index contributed by atoms with van der Waals surface area (Å²) in [5.41, 5.74) is 0. The zero-order valence-corrected chi connectivity index (χ0v) is 7.06. The highest BCUT2D eigenvalue weighted by Gasteiger charge is 2.28. The lowest BCUT2D eigenvalue weighted by Crippen LogP contribution is -2.29. The highest BCUT2D eigenvalue weighted by molar-refractivity contribution is 5.85. The third-order valence-electron chi connectivity index (χ3n) is 1.72. The molecular weight excluding hydrogens is 170 g/mol. The summed E-state index contributed by atoms with van der Waals surface area (Å²) in [7, 11) is 1.59. The predicted octanol–water partition coefficient (Wildman–Crippen LogP) is -0.130. The largest absolute Gasteiger partial charge is 0.480 e. The van der Waals surface area contributed by atoms with Crippen molar-refractivity contribution >= 4 is 18.4 Å². The molecule has 2 N–H and O–H groups in total. The molecule has 5 heteroatoms. The van der Waals surface area contributed by atoms with Gasteiger partial charge >= 0.3 is 5.97 Å². The number of methoxy groups -OCH3 is 1. The maximum absolute atomic E-state index is 10.3. The van der Waals surface area contributed by atoms with Crippen LogP contribution < -0.4 is 5.32 Å². The van der Waals surface area contributed by atoms with Crippen LogP contribution in [0, 0.1) is 0 Å². The van der Waals surface area contributed by atoms with Gasteiger partial charge in [-0.1, -0.05) is 0 Å². The minimum atomic E-state index is -0.792. The summed E-state index contributed by atoms with van der Waals surface area (Å²) in [6.45, 7) is 0.646. The molecule has 0 spiro atoms. The van der Waals surface area contributed by atoms with Crippen LogP contribution in [0.2, 0.25) is 0 Å². The van der Waals surface area contributed by atoms with Crippen molar-refractivity contribution in [1.29, 1.82) is 0 Å². The number of carboxylic acid groups (broad SMARTS) is 1. The molecule has 0 aromatic heterocycles. The van der Waals surface area contributed by atoms with Crippen molar-refractivity contribution in [3.8, 4) is 0 Å². The van der Waals surface area contributed by atoms with E-state index in [1.54, 1.807) is 7.11 Å². The van der Waals surface area contributed by atoms with Crippen molar-refractivity contribution in [3.05, 3.63) is 0 Å². The lowest BCUT2D eigenvalue weighted by molar-refractivity contribution is -0.139. The summed E-state index contributed by atoms with van der Waals surface area (Å²) in [5, 5.41) is 11.3. The van der Waals surface area contributed by atoms with E-state index >= 15 is 0 Å². The van der Waals surface area contributed by atoms with Crippen LogP contribution in [-0.2, 0) is 9.53 Å². The monoisotopic (exact) mass is 181 g/mol. The molecule has 0 radical (unpaired) electrons. The van der Waals surface area contributed by atoms with Crippen LogP contribution in [0.5, 0.6) is 0 Å². The minimum Gasteiger partial charge on any atom is -0.480 e. The molecule has 11 heavy (non-hydrogen) atoms. The smallest absolute Gasteiger partial charge is 0.320 e. The van der Waals surface area contributed by atoms with E-state index in [0.29, 0.717) is 13.0 Å². The zero-order chi connectivity index (χ0) is 7.56.